The maximum absolute atomic E-state index is 9.85. The summed E-state index contributed by atoms with van der Waals surface area (Å²) in [5.41, 5.74) is 5.36. The molecule has 0 aromatic rings. The lowest BCUT2D eigenvalue weighted by atomic mass is 10.1. The van der Waals surface area contributed by atoms with Crippen molar-refractivity contribution >= 4 is 6.41 Å². The Morgan fingerprint density at radius 2 is 1.58 bits per heavy atom. The summed E-state index contributed by atoms with van der Waals surface area (Å²) >= 11 is 0. The van der Waals surface area contributed by atoms with Gasteiger partial charge in [0.15, 0.2) is 0 Å². The van der Waals surface area contributed by atoms with Gasteiger partial charge in [0, 0.05) is 6.54 Å². The Hall–Kier alpha value is -0.570. The molecule has 0 fully saturated rings. The molecule has 3 heteroatoms. The zero-order chi connectivity index (χ0) is 9.07. The van der Waals surface area contributed by atoms with Crippen LogP contribution < -0.4 is 11.1 Å². The zero-order valence-electron chi connectivity index (χ0n) is 7.72. The van der Waals surface area contributed by atoms with Crippen LogP contribution >= 0.6 is 0 Å². The molecule has 0 radical (unpaired) electrons. The van der Waals surface area contributed by atoms with Gasteiger partial charge in [0.25, 0.3) is 0 Å². The van der Waals surface area contributed by atoms with Gasteiger partial charge in [0.1, 0.15) is 0 Å². The lowest BCUT2D eigenvalue weighted by molar-refractivity contribution is -0.109. The molecule has 0 aliphatic carbocycles. The molecule has 0 saturated carbocycles. The van der Waals surface area contributed by atoms with Crippen LogP contribution in [0, 0.1) is 0 Å². The molecule has 0 unspecified atom stereocenters. The van der Waals surface area contributed by atoms with Crippen LogP contribution in [0.4, 0.5) is 0 Å². The highest BCUT2D eigenvalue weighted by Crippen LogP contribution is 2.03. The van der Waals surface area contributed by atoms with Gasteiger partial charge in [-0.05, 0) is 19.4 Å². The van der Waals surface area contributed by atoms with Crippen LogP contribution in [-0.2, 0) is 4.79 Å². The highest BCUT2D eigenvalue weighted by molar-refractivity contribution is 5.45. The normalized spacial score (nSPS) is 9.75. The number of carbonyl (C=O) groups is 1. The Morgan fingerprint density at radius 1 is 1.00 bits per heavy atom. The Balaban J connectivity index is 2.77. The summed E-state index contributed by atoms with van der Waals surface area (Å²) in [6.07, 6.45) is 8.00. The SMILES string of the molecule is NCCCCCCCCNC=O. The predicted molar refractivity (Wildman–Crippen MR) is 50.8 cm³/mol. The highest BCUT2D eigenvalue weighted by atomic mass is 16.1. The lowest BCUT2D eigenvalue weighted by Crippen LogP contribution is -2.11. The molecule has 0 aromatic carbocycles. The van der Waals surface area contributed by atoms with Gasteiger partial charge in [-0.3, -0.25) is 4.79 Å². The molecule has 12 heavy (non-hydrogen) atoms. The topological polar surface area (TPSA) is 55.1 Å². The maximum atomic E-state index is 9.85. The molecule has 1 amide bonds. The zero-order valence-corrected chi connectivity index (χ0v) is 7.72. The molecular formula is C9H20N2O. The van der Waals surface area contributed by atoms with Crippen molar-refractivity contribution in [2.24, 2.45) is 5.73 Å². The third-order valence-corrected chi connectivity index (χ3v) is 1.86. The summed E-state index contributed by atoms with van der Waals surface area (Å²) in [4.78, 5) is 9.85. The fraction of sp³-hybridized carbons (Fsp3) is 0.889. The first-order chi connectivity index (χ1) is 5.91. The molecule has 0 aliphatic rings. The monoisotopic (exact) mass is 172 g/mol. The summed E-state index contributed by atoms with van der Waals surface area (Å²) in [6, 6.07) is 0. The van der Waals surface area contributed by atoms with E-state index in [1.54, 1.807) is 0 Å². The first-order valence-electron chi connectivity index (χ1n) is 4.79. The standard InChI is InChI=1S/C9H20N2O/c10-7-5-3-1-2-4-6-8-11-9-12/h9H,1-8,10H2,(H,11,12). The van der Waals surface area contributed by atoms with Gasteiger partial charge in [-0.25, -0.2) is 0 Å². The van der Waals surface area contributed by atoms with Gasteiger partial charge in [-0.1, -0.05) is 25.7 Å². The first-order valence-corrected chi connectivity index (χ1v) is 4.79. The van der Waals surface area contributed by atoms with Crippen LogP contribution in [0.3, 0.4) is 0 Å². The third kappa shape index (κ3) is 9.43. The smallest absolute Gasteiger partial charge is 0.207 e. The van der Waals surface area contributed by atoms with E-state index in [4.69, 9.17) is 5.73 Å². The van der Waals surface area contributed by atoms with E-state index >= 15 is 0 Å². The molecular weight excluding hydrogens is 152 g/mol. The molecule has 3 nitrogen and oxygen atoms in total. The Morgan fingerprint density at radius 3 is 2.17 bits per heavy atom. The van der Waals surface area contributed by atoms with Crippen molar-refractivity contribution in [3.8, 4) is 0 Å². The summed E-state index contributed by atoms with van der Waals surface area (Å²) in [5, 5.41) is 2.65. The van der Waals surface area contributed by atoms with E-state index in [2.05, 4.69) is 5.32 Å². The number of carbonyl (C=O) groups excluding carboxylic acids is 1. The Kier molecular flexibility index (Phi) is 9.93. The minimum absolute atomic E-state index is 0.758. The molecule has 0 aromatic heterocycles. The number of nitrogens with one attached hydrogen (secondary N) is 1. The summed E-state index contributed by atoms with van der Waals surface area (Å²) in [6.45, 7) is 1.63. The average Bonchev–Trinajstić information content (AvgIpc) is 2.10. The second-order valence-corrected chi connectivity index (χ2v) is 2.98. The number of hydrogen-bond acceptors (Lipinski definition) is 2. The van der Waals surface area contributed by atoms with Crippen molar-refractivity contribution in [1.82, 2.24) is 5.32 Å². The van der Waals surface area contributed by atoms with Crippen LogP contribution in [0.15, 0.2) is 0 Å². The van der Waals surface area contributed by atoms with Gasteiger partial charge in [-0.15, -0.1) is 0 Å². The van der Waals surface area contributed by atoms with Crippen molar-refractivity contribution in [2.45, 2.75) is 38.5 Å². The van der Waals surface area contributed by atoms with Gasteiger partial charge in [0.2, 0.25) is 6.41 Å². The van der Waals surface area contributed by atoms with Gasteiger partial charge in [0.05, 0.1) is 0 Å². The van der Waals surface area contributed by atoms with E-state index < -0.39 is 0 Å². The summed E-state index contributed by atoms with van der Waals surface area (Å²) in [7, 11) is 0. The number of unbranched alkanes of at least 4 members (excludes halogenated alkanes) is 5. The van der Waals surface area contributed by atoms with E-state index in [0.717, 1.165) is 32.3 Å². The van der Waals surface area contributed by atoms with Crippen LogP contribution in [-0.4, -0.2) is 19.5 Å². The summed E-state index contributed by atoms with van der Waals surface area (Å²) < 4.78 is 0. The van der Waals surface area contributed by atoms with Crippen molar-refractivity contribution in [3.63, 3.8) is 0 Å². The van der Waals surface area contributed by atoms with Crippen molar-refractivity contribution < 1.29 is 4.79 Å². The molecule has 0 aliphatic heterocycles. The third-order valence-electron chi connectivity index (χ3n) is 1.86. The minimum atomic E-state index is 0.758. The molecule has 3 N–H and O–H groups in total. The van der Waals surface area contributed by atoms with E-state index in [1.807, 2.05) is 0 Å². The lowest BCUT2D eigenvalue weighted by Gasteiger charge is -1.99. The number of nitrogens with two attached hydrogens (primary N) is 1. The van der Waals surface area contributed by atoms with Crippen LogP contribution in [0.25, 0.3) is 0 Å². The minimum Gasteiger partial charge on any atom is -0.359 e. The van der Waals surface area contributed by atoms with Gasteiger partial charge in [-0.2, -0.15) is 0 Å². The number of rotatable bonds is 9. The number of hydrogen-bond donors (Lipinski definition) is 2. The molecule has 72 valence electrons. The van der Waals surface area contributed by atoms with E-state index in [9.17, 15) is 4.79 Å². The van der Waals surface area contributed by atoms with Crippen LogP contribution in [0.1, 0.15) is 38.5 Å². The second kappa shape index (κ2) is 10.4. The largest absolute Gasteiger partial charge is 0.359 e. The van der Waals surface area contributed by atoms with Crippen molar-refractivity contribution in [2.75, 3.05) is 13.1 Å². The van der Waals surface area contributed by atoms with E-state index in [1.165, 1.54) is 25.7 Å². The van der Waals surface area contributed by atoms with Crippen LogP contribution in [0.2, 0.25) is 0 Å². The molecule has 0 saturated heterocycles. The van der Waals surface area contributed by atoms with E-state index in [0.29, 0.717) is 0 Å². The van der Waals surface area contributed by atoms with Gasteiger partial charge >= 0.3 is 0 Å². The van der Waals surface area contributed by atoms with Crippen LogP contribution in [0.5, 0.6) is 0 Å². The molecule has 0 bridgehead atoms. The summed E-state index contributed by atoms with van der Waals surface area (Å²) in [5.74, 6) is 0. The quantitative estimate of drug-likeness (QED) is 0.403. The molecule has 0 atom stereocenters. The molecule has 0 rings (SSSR count). The number of amides is 1. The maximum Gasteiger partial charge on any atom is 0.207 e. The molecule has 0 spiro atoms. The first kappa shape index (κ1) is 11.4. The Bertz CT molecular complexity index is 96.5. The fourth-order valence-electron chi connectivity index (χ4n) is 1.14. The van der Waals surface area contributed by atoms with Gasteiger partial charge < -0.3 is 11.1 Å². The second-order valence-electron chi connectivity index (χ2n) is 2.98. The van der Waals surface area contributed by atoms with E-state index in [-0.39, 0.29) is 0 Å². The fourth-order valence-corrected chi connectivity index (χ4v) is 1.14. The Labute approximate surface area is 74.7 Å². The molecule has 0 heterocycles. The van der Waals surface area contributed by atoms with Crippen molar-refractivity contribution in [3.05, 3.63) is 0 Å². The average molecular weight is 172 g/mol. The highest BCUT2D eigenvalue weighted by Gasteiger charge is 1.89. The predicted octanol–water partition coefficient (Wildman–Crippen LogP) is 1.03. The van der Waals surface area contributed by atoms with Crippen molar-refractivity contribution in [1.29, 1.82) is 0 Å².